The molecule has 2 atom stereocenters. The Labute approximate surface area is 159 Å². The zero-order chi connectivity index (χ0) is 19.0. The van der Waals surface area contributed by atoms with Crippen LogP contribution in [0.2, 0.25) is 0 Å². The molecule has 2 aliphatic rings. The van der Waals surface area contributed by atoms with Crippen LogP contribution < -0.4 is 5.32 Å². The molecule has 0 radical (unpaired) electrons. The van der Waals surface area contributed by atoms with E-state index in [0.29, 0.717) is 23.3 Å². The number of aryl methyl sites for hydroxylation is 1. The second-order valence-electron chi connectivity index (χ2n) is 7.41. The molecular formula is C20H23N3O3S. The molecule has 4 rings (SSSR count). The minimum Gasteiger partial charge on any atom is -0.349 e. The average molecular weight is 385 g/mol. The van der Waals surface area contributed by atoms with Crippen molar-refractivity contribution in [2.24, 2.45) is 0 Å². The van der Waals surface area contributed by atoms with Gasteiger partial charge in [0.25, 0.3) is 5.91 Å². The highest BCUT2D eigenvalue weighted by Gasteiger charge is 2.47. The van der Waals surface area contributed by atoms with Crippen molar-refractivity contribution in [1.29, 1.82) is 0 Å². The third-order valence-electron chi connectivity index (χ3n) is 5.51. The van der Waals surface area contributed by atoms with Gasteiger partial charge in [-0.2, -0.15) is 4.31 Å². The molecule has 2 aliphatic heterocycles. The van der Waals surface area contributed by atoms with Gasteiger partial charge < -0.3 is 5.32 Å². The number of amides is 1. The van der Waals surface area contributed by atoms with E-state index < -0.39 is 10.0 Å². The molecule has 1 N–H and O–H groups in total. The highest BCUT2D eigenvalue weighted by molar-refractivity contribution is 7.89. The number of hydrogen-bond donors (Lipinski definition) is 1. The number of nitrogens with one attached hydrogen (secondary N) is 1. The van der Waals surface area contributed by atoms with Gasteiger partial charge in [0.2, 0.25) is 10.0 Å². The number of benzene rings is 1. The van der Waals surface area contributed by atoms with Crippen molar-refractivity contribution < 1.29 is 13.2 Å². The summed E-state index contributed by atoms with van der Waals surface area (Å²) in [5, 5.41) is 3.07. The fourth-order valence-corrected chi connectivity index (χ4v) is 6.31. The Morgan fingerprint density at radius 2 is 1.78 bits per heavy atom. The summed E-state index contributed by atoms with van der Waals surface area (Å²) in [6.45, 7) is 1.90. The molecule has 2 unspecified atom stereocenters. The maximum absolute atomic E-state index is 13.2. The summed E-state index contributed by atoms with van der Waals surface area (Å²) in [7, 11) is -3.51. The van der Waals surface area contributed by atoms with E-state index in [0.717, 1.165) is 18.4 Å². The molecule has 2 fully saturated rings. The van der Waals surface area contributed by atoms with E-state index >= 15 is 0 Å². The van der Waals surface area contributed by atoms with Crippen LogP contribution in [0.15, 0.2) is 53.7 Å². The summed E-state index contributed by atoms with van der Waals surface area (Å²) in [5.41, 5.74) is 1.51. The standard InChI is InChI=1S/C20H23N3O3S/c1-14-3-2-4-19(11-14)27(25,26)23-17-5-6-18(23)13-16(12-17)22-20(24)15-7-9-21-10-8-15/h2-4,7-11,16-18H,5-6,12-13H2,1H3,(H,22,24). The molecule has 2 saturated heterocycles. The lowest BCUT2D eigenvalue weighted by molar-refractivity contribution is 0.0909. The summed E-state index contributed by atoms with van der Waals surface area (Å²) in [6, 6.07) is 10.3. The van der Waals surface area contributed by atoms with E-state index in [1.807, 2.05) is 13.0 Å². The van der Waals surface area contributed by atoms with Gasteiger partial charge in [-0.05, 0) is 62.4 Å². The molecule has 0 aliphatic carbocycles. The van der Waals surface area contributed by atoms with Crippen molar-refractivity contribution >= 4 is 15.9 Å². The lowest BCUT2D eigenvalue weighted by Crippen LogP contribution is -2.52. The molecule has 7 heteroatoms. The van der Waals surface area contributed by atoms with E-state index in [1.54, 1.807) is 47.0 Å². The predicted molar refractivity (Wildman–Crippen MR) is 102 cm³/mol. The molecule has 1 aromatic carbocycles. The zero-order valence-electron chi connectivity index (χ0n) is 15.2. The Bertz CT molecular complexity index is 932. The van der Waals surface area contributed by atoms with Crippen molar-refractivity contribution in [1.82, 2.24) is 14.6 Å². The number of pyridine rings is 1. The average Bonchev–Trinajstić information content (AvgIpc) is 2.95. The number of carbonyl (C=O) groups excluding carboxylic acids is 1. The van der Waals surface area contributed by atoms with Crippen molar-refractivity contribution in [2.75, 3.05) is 0 Å². The molecule has 2 aromatic rings. The number of nitrogens with zero attached hydrogens (tertiary/aromatic N) is 2. The van der Waals surface area contributed by atoms with Gasteiger partial charge in [-0.15, -0.1) is 0 Å². The van der Waals surface area contributed by atoms with Crippen LogP contribution in [0.4, 0.5) is 0 Å². The molecule has 142 valence electrons. The van der Waals surface area contributed by atoms with Crippen LogP contribution in [0.1, 0.15) is 41.6 Å². The maximum atomic E-state index is 13.2. The van der Waals surface area contributed by atoms with Gasteiger partial charge in [-0.25, -0.2) is 8.42 Å². The summed E-state index contributed by atoms with van der Waals surface area (Å²) in [6.07, 6.45) is 6.18. The number of sulfonamides is 1. The van der Waals surface area contributed by atoms with Gasteiger partial charge >= 0.3 is 0 Å². The smallest absolute Gasteiger partial charge is 0.251 e. The lowest BCUT2D eigenvalue weighted by Gasteiger charge is -2.38. The van der Waals surface area contributed by atoms with Crippen LogP contribution in [0.3, 0.4) is 0 Å². The minimum atomic E-state index is -3.51. The molecule has 0 saturated carbocycles. The second-order valence-corrected chi connectivity index (χ2v) is 9.26. The Kier molecular flexibility index (Phi) is 4.74. The first-order valence-corrected chi connectivity index (χ1v) is 10.7. The normalized spacial score (nSPS) is 25.3. The highest BCUT2D eigenvalue weighted by Crippen LogP contribution is 2.39. The minimum absolute atomic E-state index is 0.00729. The van der Waals surface area contributed by atoms with Gasteiger partial charge in [0.1, 0.15) is 0 Å². The van der Waals surface area contributed by atoms with Crippen LogP contribution in [-0.4, -0.2) is 41.7 Å². The lowest BCUT2D eigenvalue weighted by atomic mass is 9.99. The first-order valence-electron chi connectivity index (χ1n) is 9.26. The Morgan fingerprint density at radius 1 is 1.11 bits per heavy atom. The number of rotatable bonds is 4. The first kappa shape index (κ1) is 18.1. The Morgan fingerprint density at radius 3 is 2.41 bits per heavy atom. The monoisotopic (exact) mass is 385 g/mol. The van der Waals surface area contributed by atoms with Crippen LogP contribution in [0, 0.1) is 6.92 Å². The van der Waals surface area contributed by atoms with E-state index in [-0.39, 0.29) is 24.0 Å². The largest absolute Gasteiger partial charge is 0.349 e. The number of fused-ring (bicyclic) bond motifs is 2. The maximum Gasteiger partial charge on any atom is 0.251 e. The van der Waals surface area contributed by atoms with E-state index in [2.05, 4.69) is 10.3 Å². The predicted octanol–water partition coefficient (Wildman–Crippen LogP) is 2.50. The molecule has 1 amide bonds. The molecule has 0 spiro atoms. The molecule has 3 heterocycles. The third-order valence-corrected chi connectivity index (χ3v) is 7.51. The van der Waals surface area contributed by atoms with Crippen molar-refractivity contribution in [2.45, 2.75) is 55.6 Å². The molecule has 27 heavy (non-hydrogen) atoms. The molecule has 2 bridgehead atoms. The van der Waals surface area contributed by atoms with E-state index in [4.69, 9.17) is 0 Å². The first-order chi connectivity index (χ1) is 12.9. The van der Waals surface area contributed by atoms with Gasteiger partial charge in [0.05, 0.1) is 4.90 Å². The topological polar surface area (TPSA) is 79.4 Å². The number of carbonyl (C=O) groups is 1. The molecule has 1 aromatic heterocycles. The summed E-state index contributed by atoms with van der Waals surface area (Å²) < 4.78 is 28.1. The van der Waals surface area contributed by atoms with Crippen LogP contribution in [0.25, 0.3) is 0 Å². The SMILES string of the molecule is Cc1cccc(S(=O)(=O)N2C3CCC2CC(NC(=O)c2ccncc2)C3)c1. The van der Waals surface area contributed by atoms with Crippen molar-refractivity contribution in [3.05, 3.63) is 59.9 Å². The van der Waals surface area contributed by atoms with Crippen LogP contribution >= 0.6 is 0 Å². The summed E-state index contributed by atoms with van der Waals surface area (Å²) >= 11 is 0. The van der Waals surface area contributed by atoms with E-state index in [1.165, 1.54) is 0 Å². The number of piperidine rings is 1. The Balaban J connectivity index is 1.50. The zero-order valence-corrected chi connectivity index (χ0v) is 16.0. The van der Waals surface area contributed by atoms with Crippen LogP contribution in [-0.2, 0) is 10.0 Å². The summed E-state index contributed by atoms with van der Waals surface area (Å²) in [4.78, 5) is 16.7. The highest BCUT2D eigenvalue weighted by atomic mass is 32.2. The van der Waals surface area contributed by atoms with Gasteiger partial charge in [-0.3, -0.25) is 9.78 Å². The number of hydrogen-bond acceptors (Lipinski definition) is 4. The van der Waals surface area contributed by atoms with Gasteiger partial charge in [0, 0.05) is 36.1 Å². The quantitative estimate of drug-likeness (QED) is 0.877. The Hall–Kier alpha value is -2.25. The third kappa shape index (κ3) is 3.49. The molecule has 6 nitrogen and oxygen atoms in total. The fourth-order valence-electron chi connectivity index (χ4n) is 4.31. The fraction of sp³-hybridized carbons (Fsp3) is 0.400. The molecular weight excluding hydrogens is 362 g/mol. The summed E-state index contributed by atoms with van der Waals surface area (Å²) in [5.74, 6) is -0.128. The van der Waals surface area contributed by atoms with Crippen LogP contribution in [0.5, 0.6) is 0 Å². The number of aromatic nitrogens is 1. The van der Waals surface area contributed by atoms with Crippen molar-refractivity contribution in [3.63, 3.8) is 0 Å². The van der Waals surface area contributed by atoms with Gasteiger partial charge in [-0.1, -0.05) is 12.1 Å². The van der Waals surface area contributed by atoms with E-state index in [9.17, 15) is 13.2 Å². The van der Waals surface area contributed by atoms with Crippen molar-refractivity contribution in [3.8, 4) is 0 Å². The second kappa shape index (κ2) is 7.05. The van der Waals surface area contributed by atoms with Gasteiger partial charge in [0.15, 0.2) is 0 Å².